The molecule has 0 spiro atoms. The maximum Gasteiger partial charge on any atom is 0.349 e. The van der Waals surface area contributed by atoms with Crippen LogP contribution >= 0.6 is 0 Å². The highest BCUT2D eigenvalue weighted by molar-refractivity contribution is 6.05. The number of hydrogen-bond donors (Lipinski definition) is 2. The molecule has 7 heteroatoms. The van der Waals surface area contributed by atoms with Crippen molar-refractivity contribution in [2.45, 2.75) is 25.7 Å². The molecule has 0 radical (unpaired) electrons. The molecule has 1 aromatic carbocycles. The highest BCUT2D eigenvalue weighted by atomic mass is 16.4. The lowest BCUT2D eigenvalue weighted by Gasteiger charge is -2.22. The van der Waals surface area contributed by atoms with Crippen molar-refractivity contribution in [2.24, 2.45) is 0 Å². The fourth-order valence-electron chi connectivity index (χ4n) is 3.60. The van der Waals surface area contributed by atoms with Crippen molar-refractivity contribution in [3.8, 4) is 5.69 Å². The number of nitrogens with one attached hydrogen (secondary N) is 2. The SMILES string of the molecule is Cc1cc(C2CCNCC2)oc(=O)c1C(=O)Nc1ccccc1-n1ccnc1. The average molecular weight is 378 g/mol. The summed E-state index contributed by atoms with van der Waals surface area (Å²) < 4.78 is 7.33. The molecular weight excluding hydrogens is 356 g/mol. The number of hydrogen-bond acceptors (Lipinski definition) is 5. The van der Waals surface area contributed by atoms with Gasteiger partial charge in [0.15, 0.2) is 0 Å². The minimum atomic E-state index is -0.592. The van der Waals surface area contributed by atoms with Gasteiger partial charge in [0.25, 0.3) is 5.91 Å². The van der Waals surface area contributed by atoms with Crippen LogP contribution in [0.1, 0.15) is 40.4 Å². The second-order valence-corrected chi connectivity index (χ2v) is 6.96. The summed E-state index contributed by atoms with van der Waals surface area (Å²) in [5.74, 6) is 0.404. The first kappa shape index (κ1) is 18.2. The van der Waals surface area contributed by atoms with Gasteiger partial charge in [-0.1, -0.05) is 12.1 Å². The van der Waals surface area contributed by atoms with Gasteiger partial charge in [-0.3, -0.25) is 4.79 Å². The summed E-state index contributed by atoms with van der Waals surface area (Å²) in [6.07, 6.45) is 6.95. The van der Waals surface area contributed by atoms with Crippen LogP contribution in [0.15, 0.2) is 58.3 Å². The molecule has 144 valence electrons. The number of imidazole rings is 1. The molecular formula is C21H22N4O3. The van der Waals surface area contributed by atoms with Crippen LogP contribution in [0.3, 0.4) is 0 Å². The van der Waals surface area contributed by atoms with E-state index in [1.54, 1.807) is 36.3 Å². The van der Waals surface area contributed by atoms with Crippen LogP contribution in [0.2, 0.25) is 0 Å². The Labute approximate surface area is 162 Å². The maximum atomic E-state index is 12.9. The van der Waals surface area contributed by atoms with Gasteiger partial charge in [-0.2, -0.15) is 0 Å². The normalized spacial score (nSPS) is 14.8. The van der Waals surface area contributed by atoms with Crippen LogP contribution in [0.4, 0.5) is 5.69 Å². The molecule has 1 aliphatic rings. The van der Waals surface area contributed by atoms with Crippen molar-refractivity contribution < 1.29 is 9.21 Å². The third-order valence-electron chi connectivity index (χ3n) is 5.07. The second-order valence-electron chi connectivity index (χ2n) is 6.96. The second kappa shape index (κ2) is 7.82. The summed E-state index contributed by atoms with van der Waals surface area (Å²) in [6.45, 7) is 3.58. The van der Waals surface area contributed by atoms with Crippen LogP contribution in [0, 0.1) is 6.92 Å². The van der Waals surface area contributed by atoms with Crippen molar-refractivity contribution in [1.82, 2.24) is 14.9 Å². The molecule has 1 aliphatic heterocycles. The van der Waals surface area contributed by atoms with E-state index in [2.05, 4.69) is 15.6 Å². The predicted molar refractivity (Wildman–Crippen MR) is 106 cm³/mol. The third-order valence-corrected chi connectivity index (χ3v) is 5.07. The zero-order chi connectivity index (χ0) is 19.5. The van der Waals surface area contributed by atoms with Crippen molar-refractivity contribution in [1.29, 1.82) is 0 Å². The van der Waals surface area contributed by atoms with Gasteiger partial charge in [-0.25, -0.2) is 9.78 Å². The van der Waals surface area contributed by atoms with E-state index in [4.69, 9.17) is 4.42 Å². The van der Waals surface area contributed by atoms with E-state index in [-0.39, 0.29) is 11.5 Å². The van der Waals surface area contributed by atoms with Gasteiger partial charge in [0.05, 0.1) is 17.7 Å². The average Bonchev–Trinajstić information content (AvgIpc) is 3.23. The van der Waals surface area contributed by atoms with Crippen LogP contribution in [0.5, 0.6) is 0 Å². The number of carbonyl (C=O) groups is 1. The van der Waals surface area contributed by atoms with E-state index < -0.39 is 11.5 Å². The Kier molecular flexibility index (Phi) is 5.08. The summed E-state index contributed by atoms with van der Waals surface area (Å²) in [5.41, 5.74) is 1.43. The van der Waals surface area contributed by atoms with Crippen LogP contribution in [0.25, 0.3) is 5.69 Å². The molecule has 7 nitrogen and oxygen atoms in total. The number of piperidine rings is 1. The zero-order valence-electron chi connectivity index (χ0n) is 15.6. The molecule has 0 unspecified atom stereocenters. The van der Waals surface area contributed by atoms with Crippen LogP contribution < -0.4 is 16.3 Å². The summed E-state index contributed by atoms with van der Waals surface area (Å²) in [4.78, 5) is 29.5. The lowest BCUT2D eigenvalue weighted by molar-refractivity contribution is 0.102. The quantitative estimate of drug-likeness (QED) is 0.729. The Balaban J connectivity index is 1.62. The molecule has 1 fully saturated rings. The van der Waals surface area contributed by atoms with Crippen molar-refractivity contribution in [2.75, 3.05) is 18.4 Å². The minimum Gasteiger partial charge on any atom is -0.427 e. The summed E-state index contributed by atoms with van der Waals surface area (Å²) in [6, 6.07) is 9.18. The number of nitrogens with zero attached hydrogens (tertiary/aromatic N) is 2. The van der Waals surface area contributed by atoms with Crippen molar-refractivity contribution in [3.63, 3.8) is 0 Å². The van der Waals surface area contributed by atoms with E-state index >= 15 is 0 Å². The molecule has 2 N–H and O–H groups in total. The molecule has 28 heavy (non-hydrogen) atoms. The number of amides is 1. The van der Waals surface area contributed by atoms with Crippen LogP contribution in [-0.4, -0.2) is 28.5 Å². The van der Waals surface area contributed by atoms with Crippen molar-refractivity contribution >= 4 is 11.6 Å². The largest absolute Gasteiger partial charge is 0.427 e. The molecule has 3 heterocycles. The molecule has 4 rings (SSSR count). The highest BCUT2D eigenvalue weighted by Gasteiger charge is 2.23. The molecule has 1 amide bonds. The maximum absolute atomic E-state index is 12.9. The smallest absolute Gasteiger partial charge is 0.349 e. The van der Waals surface area contributed by atoms with Gasteiger partial charge in [0.1, 0.15) is 11.3 Å². The number of benzene rings is 1. The Morgan fingerprint density at radius 3 is 2.79 bits per heavy atom. The molecule has 0 saturated carbocycles. The fourth-order valence-corrected chi connectivity index (χ4v) is 3.60. The van der Waals surface area contributed by atoms with Crippen LogP contribution in [-0.2, 0) is 0 Å². The summed E-state index contributed by atoms with van der Waals surface area (Å²) >= 11 is 0. The standard InChI is InChI=1S/C21H22N4O3/c1-14-12-18(15-6-8-22-9-7-15)28-21(27)19(14)20(26)24-16-4-2-3-5-17(16)25-11-10-23-13-25/h2-5,10-13,15,22H,6-9H2,1H3,(H,24,26). The van der Waals surface area contributed by atoms with E-state index in [0.29, 0.717) is 17.0 Å². The molecule has 0 atom stereocenters. The minimum absolute atomic E-state index is 0.0399. The summed E-state index contributed by atoms with van der Waals surface area (Å²) in [7, 11) is 0. The number of carbonyl (C=O) groups excluding carboxylic acids is 1. The molecule has 2 aromatic heterocycles. The van der Waals surface area contributed by atoms with Gasteiger partial charge in [-0.15, -0.1) is 0 Å². The third kappa shape index (κ3) is 3.61. The van der Waals surface area contributed by atoms with E-state index in [1.165, 1.54) is 0 Å². The first-order valence-electron chi connectivity index (χ1n) is 9.37. The first-order valence-corrected chi connectivity index (χ1v) is 9.37. The number of aromatic nitrogens is 2. The Bertz CT molecular complexity index is 1030. The van der Waals surface area contributed by atoms with Gasteiger partial charge in [-0.05, 0) is 56.6 Å². The van der Waals surface area contributed by atoms with Gasteiger partial charge >= 0.3 is 5.63 Å². The molecule has 0 aliphatic carbocycles. The lowest BCUT2D eigenvalue weighted by atomic mass is 9.94. The highest BCUT2D eigenvalue weighted by Crippen LogP contribution is 2.26. The van der Waals surface area contributed by atoms with Crippen molar-refractivity contribution in [3.05, 3.63) is 76.4 Å². The Morgan fingerprint density at radius 1 is 1.29 bits per heavy atom. The monoisotopic (exact) mass is 378 g/mol. The van der Waals surface area contributed by atoms with E-state index in [0.717, 1.165) is 31.6 Å². The zero-order valence-corrected chi connectivity index (χ0v) is 15.6. The summed E-state index contributed by atoms with van der Waals surface area (Å²) in [5, 5.41) is 6.14. The first-order chi connectivity index (χ1) is 13.6. The van der Waals surface area contributed by atoms with Gasteiger partial charge in [0.2, 0.25) is 0 Å². The van der Waals surface area contributed by atoms with Gasteiger partial charge in [0, 0.05) is 18.3 Å². The number of anilines is 1. The fraction of sp³-hybridized carbons (Fsp3) is 0.286. The van der Waals surface area contributed by atoms with Gasteiger partial charge < -0.3 is 19.6 Å². The number of para-hydroxylation sites is 2. The van der Waals surface area contributed by atoms with E-state index in [1.807, 2.05) is 24.3 Å². The number of rotatable bonds is 4. The van der Waals surface area contributed by atoms with E-state index in [9.17, 15) is 9.59 Å². The lowest BCUT2D eigenvalue weighted by Crippen LogP contribution is -2.28. The molecule has 3 aromatic rings. The molecule has 0 bridgehead atoms. The molecule has 1 saturated heterocycles. The Hall–Kier alpha value is -3.19. The predicted octanol–water partition coefficient (Wildman–Crippen LogP) is 2.85. The topological polar surface area (TPSA) is 89.2 Å². The number of aryl methyl sites for hydroxylation is 1. The Morgan fingerprint density at radius 2 is 2.07 bits per heavy atom.